The first-order valence-corrected chi connectivity index (χ1v) is 13.4. The second-order valence-corrected chi connectivity index (χ2v) is 10.7. The Morgan fingerprint density at radius 3 is 2.39 bits per heavy atom. The van der Waals surface area contributed by atoms with Gasteiger partial charge in [-0.3, -0.25) is 9.48 Å². The van der Waals surface area contributed by atoms with Gasteiger partial charge in [-0.05, 0) is 50.7 Å². The largest absolute Gasteiger partial charge is 0.416 e. The molecule has 2 aliphatic heterocycles. The maximum atomic E-state index is 13.6. The summed E-state index contributed by atoms with van der Waals surface area (Å²) in [6.07, 6.45) is 1.05. The molecule has 0 unspecified atom stereocenters. The van der Waals surface area contributed by atoms with Crippen molar-refractivity contribution in [2.45, 2.75) is 69.1 Å². The van der Waals surface area contributed by atoms with Crippen LogP contribution in [0.3, 0.4) is 0 Å². The number of benzene rings is 1. The minimum Gasteiger partial charge on any atom is -0.394 e. The van der Waals surface area contributed by atoms with E-state index >= 15 is 0 Å². The number of amides is 3. The monoisotopic (exact) mass is 533 g/mol. The van der Waals surface area contributed by atoms with Crippen molar-refractivity contribution >= 4 is 11.9 Å². The van der Waals surface area contributed by atoms with Gasteiger partial charge in [-0.15, -0.1) is 0 Å². The van der Waals surface area contributed by atoms with E-state index in [9.17, 15) is 27.9 Å². The molecule has 8 nitrogen and oxygen atoms in total. The molecule has 3 fully saturated rings. The van der Waals surface area contributed by atoms with Gasteiger partial charge in [-0.25, -0.2) is 4.79 Å². The molecule has 3 amide bonds. The topological polar surface area (TPSA) is 90.7 Å². The molecule has 38 heavy (non-hydrogen) atoms. The van der Waals surface area contributed by atoms with Crippen molar-refractivity contribution < 1.29 is 27.9 Å². The number of nitrogens with one attached hydrogen (secondary N) is 1. The van der Waals surface area contributed by atoms with Crippen molar-refractivity contribution in [1.82, 2.24) is 24.9 Å². The van der Waals surface area contributed by atoms with E-state index in [4.69, 9.17) is 0 Å². The number of aliphatic hydroxyl groups excluding tert-OH is 1. The summed E-state index contributed by atoms with van der Waals surface area (Å²) in [5.41, 5.74) is 1.09. The Balaban J connectivity index is 1.28. The van der Waals surface area contributed by atoms with Crippen LogP contribution in [0, 0.1) is 0 Å². The summed E-state index contributed by atoms with van der Waals surface area (Å²) in [5, 5.41) is 16.6. The fourth-order valence-corrected chi connectivity index (χ4v) is 5.73. The summed E-state index contributed by atoms with van der Waals surface area (Å²) in [5.74, 6) is -0.271. The molecule has 2 aromatic rings. The van der Waals surface area contributed by atoms with Crippen molar-refractivity contribution in [2.24, 2.45) is 0 Å². The van der Waals surface area contributed by atoms with Gasteiger partial charge in [0.15, 0.2) is 0 Å². The zero-order chi connectivity index (χ0) is 27.0. The number of hydrogen-bond acceptors (Lipinski definition) is 4. The van der Waals surface area contributed by atoms with Crippen molar-refractivity contribution in [3.8, 4) is 0 Å². The predicted molar refractivity (Wildman–Crippen MR) is 134 cm³/mol. The van der Waals surface area contributed by atoms with Crippen LogP contribution in [0.1, 0.15) is 84.1 Å². The van der Waals surface area contributed by atoms with Gasteiger partial charge in [0.1, 0.15) is 0 Å². The molecule has 0 radical (unpaired) electrons. The Morgan fingerprint density at radius 2 is 1.74 bits per heavy atom. The molecule has 206 valence electrons. The van der Waals surface area contributed by atoms with Crippen LogP contribution in [0.15, 0.2) is 30.5 Å². The van der Waals surface area contributed by atoms with Crippen LogP contribution < -0.4 is 5.32 Å². The Morgan fingerprint density at radius 1 is 1.05 bits per heavy atom. The third-order valence-corrected chi connectivity index (χ3v) is 7.95. The minimum atomic E-state index is -4.43. The zero-order valence-corrected chi connectivity index (χ0v) is 21.5. The highest BCUT2D eigenvalue weighted by molar-refractivity contribution is 5.95. The number of aliphatic hydroxyl groups is 1. The Labute approximate surface area is 219 Å². The molecule has 1 aromatic carbocycles. The van der Waals surface area contributed by atoms with Crippen molar-refractivity contribution in [2.75, 3.05) is 32.8 Å². The van der Waals surface area contributed by atoms with Crippen LogP contribution in [-0.4, -0.2) is 75.5 Å². The van der Waals surface area contributed by atoms with Crippen LogP contribution in [0.4, 0.5) is 18.0 Å². The number of carbonyl (C=O) groups excluding carboxylic acids is 2. The van der Waals surface area contributed by atoms with Gasteiger partial charge < -0.3 is 20.2 Å². The summed E-state index contributed by atoms with van der Waals surface area (Å²) in [6.45, 7) is 3.38. The number of hydrogen-bond donors (Lipinski definition) is 2. The maximum absolute atomic E-state index is 13.6. The van der Waals surface area contributed by atoms with E-state index in [-0.39, 0.29) is 54.6 Å². The van der Waals surface area contributed by atoms with Gasteiger partial charge in [0.25, 0.3) is 5.91 Å². The standard InChI is InChI=1S/C27H34F3N5O3/c1-17(16-36)32-26(38)33-12-9-20(10-13-33)35-24(18-6-7-18)22(14-31-35)25(37)34-11-8-19(15-34)21-4-2-3-5-23(21)27(28,29)30/h2-5,14,17-20,36H,6-13,15-16H2,1H3,(H,32,38)/t17-,19+/m0/s1. The number of urea groups is 1. The zero-order valence-electron chi connectivity index (χ0n) is 21.5. The SMILES string of the molecule is C[C@@H](CO)NC(=O)N1CCC(n2ncc(C(=O)N3CC[C@@H](c4ccccc4C(F)(F)F)C3)c2C2CC2)CC1. The van der Waals surface area contributed by atoms with Gasteiger partial charge in [0.05, 0.1) is 41.7 Å². The molecule has 5 rings (SSSR count). The summed E-state index contributed by atoms with van der Waals surface area (Å²) < 4.78 is 42.7. The molecule has 1 aromatic heterocycles. The highest BCUT2D eigenvalue weighted by Crippen LogP contribution is 2.44. The molecule has 3 aliphatic rings. The Hall–Kier alpha value is -3.08. The first kappa shape index (κ1) is 26.5. The number of likely N-dealkylation sites (tertiary alicyclic amines) is 2. The molecular weight excluding hydrogens is 499 g/mol. The Bertz CT molecular complexity index is 1170. The number of piperidine rings is 1. The average Bonchev–Trinajstić information content (AvgIpc) is 3.45. The lowest BCUT2D eigenvalue weighted by atomic mass is 9.93. The van der Waals surface area contributed by atoms with E-state index in [0.29, 0.717) is 44.5 Å². The smallest absolute Gasteiger partial charge is 0.394 e. The minimum absolute atomic E-state index is 0.0662. The molecule has 2 N–H and O–H groups in total. The van der Waals surface area contributed by atoms with Crippen molar-refractivity contribution in [3.63, 3.8) is 0 Å². The fourth-order valence-electron chi connectivity index (χ4n) is 5.73. The van der Waals surface area contributed by atoms with Crippen LogP contribution in [-0.2, 0) is 6.18 Å². The van der Waals surface area contributed by atoms with Crippen molar-refractivity contribution in [1.29, 1.82) is 0 Å². The second kappa shape index (κ2) is 10.6. The van der Waals surface area contributed by atoms with E-state index in [0.717, 1.165) is 24.6 Å². The fraction of sp³-hybridized carbons (Fsp3) is 0.593. The number of rotatable bonds is 6. The summed E-state index contributed by atoms with van der Waals surface area (Å²) >= 11 is 0. The van der Waals surface area contributed by atoms with E-state index < -0.39 is 11.7 Å². The van der Waals surface area contributed by atoms with Crippen LogP contribution >= 0.6 is 0 Å². The van der Waals surface area contributed by atoms with E-state index in [2.05, 4.69) is 10.4 Å². The molecule has 3 heterocycles. The van der Waals surface area contributed by atoms with Crippen LogP contribution in [0.2, 0.25) is 0 Å². The second-order valence-electron chi connectivity index (χ2n) is 10.7. The number of nitrogens with zero attached hydrogens (tertiary/aromatic N) is 4. The highest BCUT2D eigenvalue weighted by Gasteiger charge is 2.40. The number of halogens is 3. The van der Waals surface area contributed by atoms with Crippen LogP contribution in [0.25, 0.3) is 0 Å². The number of carbonyl (C=O) groups is 2. The van der Waals surface area contributed by atoms with Gasteiger partial charge in [0, 0.05) is 38.0 Å². The summed E-state index contributed by atoms with van der Waals surface area (Å²) in [6, 6.07) is 5.20. The quantitative estimate of drug-likeness (QED) is 0.584. The summed E-state index contributed by atoms with van der Waals surface area (Å²) in [7, 11) is 0. The first-order chi connectivity index (χ1) is 18.2. The van der Waals surface area contributed by atoms with Gasteiger partial charge in [-0.2, -0.15) is 18.3 Å². The third kappa shape index (κ3) is 5.39. The van der Waals surface area contributed by atoms with Gasteiger partial charge in [-0.1, -0.05) is 18.2 Å². The average molecular weight is 534 g/mol. The van der Waals surface area contributed by atoms with Crippen LogP contribution in [0.5, 0.6) is 0 Å². The van der Waals surface area contributed by atoms with Gasteiger partial charge >= 0.3 is 12.2 Å². The molecule has 2 saturated heterocycles. The number of aromatic nitrogens is 2. The van der Waals surface area contributed by atoms with Gasteiger partial charge in [0.2, 0.25) is 0 Å². The predicted octanol–water partition coefficient (Wildman–Crippen LogP) is 4.14. The van der Waals surface area contributed by atoms with E-state index in [1.54, 1.807) is 29.0 Å². The molecule has 1 aliphatic carbocycles. The third-order valence-electron chi connectivity index (χ3n) is 7.95. The van der Waals surface area contributed by atoms with Crippen molar-refractivity contribution in [3.05, 3.63) is 52.8 Å². The molecule has 0 spiro atoms. The molecule has 11 heteroatoms. The summed E-state index contributed by atoms with van der Waals surface area (Å²) in [4.78, 5) is 29.4. The lowest BCUT2D eigenvalue weighted by molar-refractivity contribution is -0.138. The highest BCUT2D eigenvalue weighted by atomic mass is 19.4. The first-order valence-electron chi connectivity index (χ1n) is 13.4. The van der Waals surface area contributed by atoms with E-state index in [1.807, 2.05) is 4.68 Å². The lowest BCUT2D eigenvalue weighted by Gasteiger charge is -2.33. The maximum Gasteiger partial charge on any atom is 0.416 e. The number of alkyl halides is 3. The molecule has 0 bridgehead atoms. The molecular formula is C27H34F3N5O3. The molecule has 1 saturated carbocycles. The lowest BCUT2D eigenvalue weighted by Crippen LogP contribution is -2.48. The Kier molecular flexibility index (Phi) is 7.39. The molecule has 2 atom stereocenters. The normalized spacial score (nSPS) is 21.6. The van der Waals surface area contributed by atoms with E-state index in [1.165, 1.54) is 12.1 Å².